The van der Waals surface area contributed by atoms with Gasteiger partial charge in [-0.1, -0.05) is 0 Å². The third-order valence-electron chi connectivity index (χ3n) is 6.25. The summed E-state index contributed by atoms with van der Waals surface area (Å²) in [6, 6.07) is -0.262. The highest BCUT2D eigenvalue weighted by Crippen LogP contribution is 2.42. The molecule has 2 aliphatic heterocycles. The molecule has 0 aromatic heterocycles. The molecular weight excluding hydrogens is 332 g/mol. The van der Waals surface area contributed by atoms with Crippen LogP contribution in [0.25, 0.3) is 0 Å². The molecule has 0 aromatic rings. The zero-order valence-corrected chi connectivity index (χ0v) is 14.7. The van der Waals surface area contributed by atoms with Gasteiger partial charge in [-0.15, -0.1) is 12.4 Å². The van der Waals surface area contributed by atoms with Gasteiger partial charge in [-0.05, 0) is 50.4 Å². The van der Waals surface area contributed by atoms with Crippen molar-refractivity contribution >= 4 is 30.3 Å². The van der Waals surface area contributed by atoms with Crippen molar-refractivity contribution in [2.24, 2.45) is 23.5 Å². The normalized spacial score (nSPS) is 38.2. The zero-order valence-electron chi connectivity index (χ0n) is 13.9. The van der Waals surface area contributed by atoms with E-state index in [-0.39, 0.29) is 42.7 Å². The highest BCUT2D eigenvalue weighted by atomic mass is 35.5. The molecular formula is C16H25ClN4O3. The van der Waals surface area contributed by atoms with Gasteiger partial charge in [0.1, 0.15) is 12.1 Å². The molecule has 0 aromatic carbocycles. The first-order valence-corrected chi connectivity index (χ1v) is 8.57. The molecule has 0 radical (unpaired) electrons. The molecule has 2 heterocycles. The van der Waals surface area contributed by atoms with E-state index in [0.717, 1.165) is 30.6 Å². The summed E-state index contributed by atoms with van der Waals surface area (Å²) in [5.74, 6) is 0.667. The van der Waals surface area contributed by atoms with Gasteiger partial charge in [-0.3, -0.25) is 14.5 Å². The molecule has 4 rings (SSSR count). The van der Waals surface area contributed by atoms with Crippen LogP contribution in [0.1, 0.15) is 32.6 Å². The summed E-state index contributed by atoms with van der Waals surface area (Å²) >= 11 is 0. The first-order valence-electron chi connectivity index (χ1n) is 8.57. The van der Waals surface area contributed by atoms with E-state index < -0.39 is 11.6 Å². The van der Waals surface area contributed by atoms with Crippen molar-refractivity contribution in [1.82, 2.24) is 15.1 Å². The minimum atomic E-state index is -0.818. The summed E-state index contributed by atoms with van der Waals surface area (Å²) in [7, 11) is 0. The van der Waals surface area contributed by atoms with Crippen LogP contribution in [0.5, 0.6) is 0 Å². The third kappa shape index (κ3) is 2.58. The average molecular weight is 357 g/mol. The Hall–Kier alpha value is -1.34. The van der Waals surface area contributed by atoms with Gasteiger partial charge in [0, 0.05) is 19.1 Å². The molecule has 4 fully saturated rings. The summed E-state index contributed by atoms with van der Waals surface area (Å²) in [5, 5.41) is 2.78. The lowest BCUT2D eigenvalue weighted by Crippen LogP contribution is -2.47. The maximum atomic E-state index is 12.6. The number of amides is 4. The van der Waals surface area contributed by atoms with E-state index >= 15 is 0 Å². The molecule has 3 N–H and O–H groups in total. The van der Waals surface area contributed by atoms with E-state index in [2.05, 4.69) is 5.32 Å². The predicted octanol–water partition coefficient (Wildman–Crippen LogP) is 0.324. The van der Waals surface area contributed by atoms with Crippen molar-refractivity contribution in [3.63, 3.8) is 0 Å². The number of likely N-dealkylation sites (tertiary alicyclic amines) is 1. The molecule has 134 valence electrons. The molecule has 7 nitrogen and oxygen atoms in total. The number of nitrogens with two attached hydrogens (primary N) is 1. The molecule has 4 atom stereocenters. The van der Waals surface area contributed by atoms with E-state index in [1.807, 2.05) is 0 Å². The van der Waals surface area contributed by atoms with Gasteiger partial charge in [0.25, 0.3) is 5.91 Å². The molecule has 8 heteroatoms. The number of rotatable bonds is 3. The number of nitrogens with one attached hydrogen (secondary N) is 1. The lowest BCUT2D eigenvalue weighted by Gasteiger charge is -2.23. The number of carbonyl (C=O) groups excluding carboxylic acids is 3. The van der Waals surface area contributed by atoms with Gasteiger partial charge in [0.15, 0.2) is 0 Å². The standard InChI is InChI=1S/C16H24N4O3.ClH/c1-16(10-3-4-10)14(22)20(15(23)18-16)8-13(21)19-6-9-2-5-12(17)11(9)7-19;/h9-12H,2-8,17H2,1H3,(H,18,23);1H. The van der Waals surface area contributed by atoms with Crippen LogP contribution in [0, 0.1) is 17.8 Å². The number of imide groups is 1. The van der Waals surface area contributed by atoms with E-state index in [1.54, 1.807) is 11.8 Å². The van der Waals surface area contributed by atoms with E-state index in [9.17, 15) is 14.4 Å². The SMILES string of the molecule is CC1(C2CC2)NC(=O)N(CC(=O)N2CC3CCC(N)C3C2)C1=O.Cl. The Morgan fingerprint density at radius 3 is 2.58 bits per heavy atom. The third-order valence-corrected chi connectivity index (χ3v) is 6.25. The van der Waals surface area contributed by atoms with Crippen LogP contribution in [-0.4, -0.2) is 58.9 Å². The van der Waals surface area contributed by atoms with Crippen LogP contribution in [0.4, 0.5) is 4.79 Å². The van der Waals surface area contributed by atoms with Gasteiger partial charge < -0.3 is 16.0 Å². The van der Waals surface area contributed by atoms with Crippen molar-refractivity contribution < 1.29 is 14.4 Å². The monoisotopic (exact) mass is 356 g/mol. The van der Waals surface area contributed by atoms with E-state index in [1.165, 1.54) is 0 Å². The molecule has 2 saturated carbocycles. The van der Waals surface area contributed by atoms with Gasteiger partial charge in [0.2, 0.25) is 5.91 Å². The number of carbonyl (C=O) groups is 3. The lowest BCUT2D eigenvalue weighted by molar-refractivity contribution is -0.138. The summed E-state index contributed by atoms with van der Waals surface area (Å²) in [5.41, 5.74) is 5.28. The number of fused-ring (bicyclic) bond motifs is 1. The topological polar surface area (TPSA) is 95.7 Å². The fourth-order valence-electron chi connectivity index (χ4n) is 4.54. The van der Waals surface area contributed by atoms with Crippen molar-refractivity contribution in [2.75, 3.05) is 19.6 Å². The summed E-state index contributed by atoms with van der Waals surface area (Å²) < 4.78 is 0. The number of halogens is 1. The fourth-order valence-corrected chi connectivity index (χ4v) is 4.54. The maximum absolute atomic E-state index is 12.6. The highest BCUT2D eigenvalue weighted by molar-refractivity contribution is 6.09. The van der Waals surface area contributed by atoms with Crippen molar-refractivity contribution in [3.05, 3.63) is 0 Å². The van der Waals surface area contributed by atoms with Crippen LogP contribution in [0.15, 0.2) is 0 Å². The molecule has 4 aliphatic rings. The molecule has 2 aliphatic carbocycles. The highest BCUT2D eigenvalue weighted by Gasteiger charge is 2.56. The minimum Gasteiger partial charge on any atom is -0.341 e. The van der Waals surface area contributed by atoms with Gasteiger partial charge in [-0.2, -0.15) is 0 Å². The van der Waals surface area contributed by atoms with Gasteiger partial charge in [0.05, 0.1) is 0 Å². The number of hydrogen-bond donors (Lipinski definition) is 2. The summed E-state index contributed by atoms with van der Waals surface area (Å²) in [6.45, 7) is 2.99. The molecule has 0 bridgehead atoms. The Kier molecular flexibility index (Phi) is 4.28. The number of urea groups is 1. The average Bonchev–Trinajstić information content (AvgIpc) is 3.14. The second kappa shape index (κ2) is 5.88. The number of hydrogen-bond acceptors (Lipinski definition) is 4. The first-order chi connectivity index (χ1) is 10.9. The second-order valence-electron chi connectivity index (χ2n) is 7.76. The summed E-state index contributed by atoms with van der Waals surface area (Å²) in [6.07, 6.45) is 4.01. The Balaban J connectivity index is 0.00000169. The van der Waals surface area contributed by atoms with Crippen LogP contribution < -0.4 is 11.1 Å². The smallest absolute Gasteiger partial charge is 0.325 e. The maximum Gasteiger partial charge on any atom is 0.325 e. The first kappa shape index (κ1) is 17.5. The Bertz CT molecular complexity index is 582. The lowest BCUT2D eigenvalue weighted by atomic mass is 9.96. The largest absolute Gasteiger partial charge is 0.341 e. The van der Waals surface area contributed by atoms with Gasteiger partial charge >= 0.3 is 6.03 Å². The molecule has 4 unspecified atom stereocenters. The van der Waals surface area contributed by atoms with E-state index in [0.29, 0.717) is 24.9 Å². The van der Waals surface area contributed by atoms with Crippen LogP contribution >= 0.6 is 12.4 Å². The predicted molar refractivity (Wildman–Crippen MR) is 89.4 cm³/mol. The Morgan fingerprint density at radius 2 is 1.96 bits per heavy atom. The zero-order chi connectivity index (χ0) is 16.4. The molecule has 2 saturated heterocycles. The Morgan fingerprint density at radius 1 is 1.25 bits per heavy atom. The second-order valence-corrected chi connectivity index (χ2v) is 7.76. The fraction of sp³-hybridized carbons (Fsp3) is 0.812. The molecule has 24 heavy (non-hydrogen) atoms. The minimum absolute atomic E-state index is 0. The quantitative estimate of drug-likeness (QED) is 0.712. The van der Waals surface area contributed by atoms with Crippen molar-refractivity contribution in [3.8, 4) is 0 Å². The van der Waals surface area contributed by atoms with Gasteiger partial charge in [-0.25, -0.2) is 4.79 Å². The molecule has 4 amide bonds. The van der Waals surface area contributed by atoms with Crippen LogP contribution in [-0.2, 0) is 9.59 Å². The van der Waals surface area contributed by atoms with Crippen molar-refractivity contribution in [1.29, 1.82) is 0 Å². The summed E-state index contributed by atoms with van der Waals surface area (Å²) in [4.78, 5) is 40.1. The van der Waals surface area contributed by atoms with Crippen LogP contribution in [0.3, 0.4) is 0 Å². The number of nitrogens with zero attached hydrogens (tertiary/aromatic N) is 2. The van der Waals surface area contributed by atoms with Crippen LogP contribution in [0.2, 0.25) is 0 Å². The van der Waals surface area contributed by atoms with Crippen molar-refractivity contribution in [2.45, 2.75) is 44.2 Å². The Labute approximate surface area is 147 Å². The molecule has 0 spiro atoms. The van der Waals surface area contributed by atoms with E-state index in [4.69, 9.17) is 5.73 Å².